The lowest BCUT2D eigenvalue weighted by Crippen LogP contribution is -2.33. The summed E-state index contributed by atoms with van der Waals surface area (Å²) < 4.78 is 10.8. The number of carbonyl (C=O) groups is 2. The maximum Gasteiger partial charge on any atom is 0.260 e. The Morgan fingerprint density at radius 3 is 2.56 bits per heavy atom. The quantitative estimate of drug-likeness (QED) is 0.615. The summed E-state index contributed by atoms with van der Waals surface area (Å²) in [5.41, 5.74) is 3.78. The molecular weight excluding hydrogens is 406 g/mol. The molecule has 3 aromatic rings. The number of ether oxygens (including phenoxy) is 2. The van der Waals surface area contributed by atoms with Gasteiger partial charge < -0.3 is 14.8 Å². The molecule has 4 rings (SSSR count). The Balaban J connectivity index is 1.55. The van der Waals surface area contributed by atoms with Crippen molar-refractivity contribution in [2.45, 2.75) is 25.9 Å². The number of hydrogen-bond acceptors (Lipinski definition) is 5. The molecular formula is C25H25N3O4. The molecule has 164 valence electrons. The van der Waals surface area contributed by atoms with Gasteiger partial charge >= 0.3 is 0 Å². The van der Waals surface area contributed by atoms with Crippen molar-refractivity contribution in [1.82, 2.24) is 10.3 Å². The van der Waals surface area contributed by atoms with E-state index in [-0.39, 0.29) is 24.8 Å². The summed E-state index contributed by atoms with van der Waals surface area (Å²) in [5.74, 6) is 0.844. The van der Waals surface area contributed by atoms with Crippen LogP contribution < -0.4 is 19.7 Å². The minimum absolute atomic E-state index is 0.0932. The molecule has 2 aromatic carbocycles. The van der Waals surface area contributed by atoms with Crippen LogP contribution in [0.25, 0.3) is 0 Å². The third-order valence-electron chi connectivity index (χ3n) is 5.57. The van der Waals surface area contributed by atoms with E-state index in [9.17, 15) is 9.59 Å². The zero-order valence-corrected chi connectivity index (χ0v) is 18.3. The number of pyridine rings is 1. The Morgan fingerprint density at radius 2 is 1.84 bits per heavy atom. The topological polar surface area (TPSA) is 80.8 Å². The van der Waals surface area contributed by atoms with Crippen LogP contribution in [0.3, 0.4) is 0 Å². The van der Waals surface area contributed by atoms with Gasteiger partial charge in [-0.2, -0.15) is 0 Å². The number of rotatable bonds is 7. The highest BCUT2D eigenvalue weighted by atomic mass is 16.5. The van der Waals surface area contributed by atoms with E-state index in [1.807, 2.05) is 43.3 Å². The van der Waals surface area contributed by atoms with Gasteiger partial charge in [0.05, 0.1) is 37.9 Å². The molecule has 1 aliphatic rings. The molecule has 2 amide bonds. The molecule has 1 atom stereocenters. The van der Waals surface area contributed by atoms with Crippen molar-refractivity contribution in [3.8, 4) is 11.5 Å². The van der Waals surface area contributed by atoms with Gasteiger partial charge in [-0.25, -0.2) is 0 Å². The Morgan fingerprint density at radius 1 is 1.06 bits per heavy atom. The molecule has 0 radical (unpaired) electrons. The molecule has 7 heteroatoms. The van der Waals surface area contributed by atoms with Crippen molar-refractivity contribution in [3.63, 3.8) is 0 Å². The van der Waals surface area contributed by atoms with E-state index >= 15 is 0 Å². The maximum absolute atomic E-state index is 13.1. The van der Waals surface area contributed by atoms with E-state index < -0.39 is 6.04 Å². The Kier molecular flexibility index (Phi) is 6.07. The summed E-state index contributed by atoms with van der Waals surface area (Å²) in [6.45, 7) is 2.27. The summed E-state index contributed by atoms with van der Waals surface area (Å²) in [4.78, 5) is 32.1. The van der Waals surface area contributed by atoms with E-state index in [1.54, 1.807) is 43.5 Å². The molecule has 7 nitrogen and oxygen atoms in total. The third kappa shape index (κ3) is 4.01. The van der Waals surface area contributed by atoms with Crippen molar-refractivity contribution in [2.24, 2.45) is 0 Å². The van der Waals surface area contributed by atoms with Gasteiger partial charge in [0.2, 0.25) is 5.91 Å². The van der Waals surface area contributed by atoms with Gasteiger partial charge in [0.15, 0.2) is 11.5 Å². The van der Waals surface area contributed by atoms with Crippen LogP contribution in [-0.4, -0.2) is 31.0 Å². The van der Waals surface area contributed by atoms with Crippen LogP contribution in [0, 0.1) is 6.92 Å². The lowest BCUT2D eigenvalue weighted by molar-refractivity contribution is -0.121. The summed E-state index contributed by atoms with van der Waals surface area (Å²) >= 11 is 0. The van der Waals surface area contributed by atoms with Crippen molar-refractivity contribution in [2.75, 3.05) is 19.1 Å². The molecule has 1 aliphatic heterocycles. The first-order valence-electron chi connectivity index (χ1n) is 10.3. The van der Waals surface area contributed by atoms with Gasteiger partial charge in [-0.05, 0) is 37.3 Å². The van der Waals surface area contributed by atoms with E-state index in [1.165, 1.54) is 0 Å². The average Bonchev–Trinajstić information content (AvgIpc) is 3.09. The van der Waals surface area contributed by atoms with E-state index in [2.05, 4.69) is 10.3 Å². The number of amides is 2. The number of para-hydroxylation sites is 1. The lowest BCUT2D eigenvalue weighted by atomic mass is 10.1. The fraction of sp³-hybridized carbons (Fsp3) is 0.240. The Labute approximate surface area is 187 Å². The van der Waals surface area contributed by atoms with Crippen LogP contribution in [0.4, 0.5) is 5.69 Å². The zero-order valence-electron chi connectivity index (χ0n) is 18.3. The van der Waals surface area contributed by atoms with Gasteiger partial charge in [-0.15, -0.1) is 0 Å². The highest BCUT2D eigenvalue weighted by Gasteiger charge is 2.39. The van der Waals surface area contributed by atoms with Gasteiger partial charge in [0, 0.05) is 24.0 Å². The monoisotopic (exact) mass is 431 g/mol. The number of hydrogen-bond donors (Lipinski definition) is 1. The second-order valence-corrected chi connectivity index (χ2v) is 7.60. The van der Waals surface area contributed by atoms with Gasteiger partial charge in [-0.1, -0.05) is 29.8 Å². The third-order valence-corrected chi connectivity index (χ3v) is 5.57. The highest BCUT2D eigenvalue weighted by molar-refractivity contribution is 6.11. The van der Waals surface area contributed by atoms with Crippen molar-refractivity contribution < 1.29 is 19.1 Å². The normalized spacial score (nSPS) is 14.8. The van der Waals surface area contributed by atoms with E-state index in [0.29, 0.717) is 22.8 Å². The fourth-order valence-corrected chi connectivity index (χ4v) is 3.98. The molecule has 0 fully saturated rings. The Bertz CT molecular complexity index is 1140. The van der Waals surface area contributed by atoms with Gasteiger partial charge in [-0.3, -0.25) is 19.5 Å². The number of carbonyl (C=O) groups excluding carboxylic acids is 2. The molecule has 1 N–H and O–H groups in total. The molecule has 0 aliphatic carbocycles. The van der Waals surface area contributed by atoms with Crippen LogP contribution in [-0.2, 0) is 11.3 Å². The minimum Gasteiger partial charge on any atom is -0.493 e. The molecule has 2 heterocycles. The number of methoxy groups -OCH3 is 2. The highest BCUT2D eigenvalue weighted by Crippen LogP contribution is 2.38. The Hall–Kier alpha value is -3.87. The number of fused-ring (bicyclic) bond motifs is 1. The van der Waals surface area contributed by atoms with E-state index in [0.717, 1.165) is 16.8 Å². The standard InChI is InChI=1S/C25H25N3O4/c1-16-9-11-18(12-10-16)28-20(23-19(25(28)30)7-5-13-26-23)14-22(29)27-15-17-6-4-8-21(31-2)24(17)32-3/h4-13,20H,14-15H2,1-3H3,(H,27,29). The zero-order chi connectivity index (χ0) is 22.7. The lowest BCUT2D eigenvalue weighted by Gasteiger charge is -2.25. The van der Waals surface area contributed by atoms with Crippen molar-refractivity contribution in [1.29, 1.82) is 0 Å². The fourth-order valence-electron chi connectivity index (χ4n) is 3.98. The molecule has 0 spiro atoms. The summed E-state index contributed by atoms with van der Waals surface area (Å²) in [6.07, 6.45) is 1.74. The largest absolute Gasteiger partial charge is 0.493 e. The van der Waals surface area contributed by atoms with Crippen LogP contribution in [0.15, 0.2) is 60.8 Å². The maximum atomic E-state index is 13.1. The molecule has 1 aromatic heterocycles. The van der Waals surface area contributed by atoms with Crippen LogP contribution >= 0.6 is 0 Å². The second-order valence-electron chi connectivity index (χ2n) is 7.60. The summed E-state index contributed by atoms with van der Waals surface area (Å²) in [5, 5.41) is 2.94. The van der Waals surface area contributed by atoms with Crippen LogP contribution in [0.1, 0.15) is 39.6 Å². The van der Waals surface area contributed by atoms with E-state index in [4.69, 9.17) is 9.47 Å². The number of benzene rings is 2. The van der Waals surface area contributed by atoms with Crippen molar-refractivity contribution in [3.05, 3.63) is 83.2 Å². The summed E-state index contributed by atoms with van der Waals surface area (Å²) in [6, 6.07) is 16.2. The molecule has 1 unspecified atom stereocenters. The molecule has 0 bridgehead atoms. The minimum atomic E-state index is -0.478. The summed E-state index contributed by atoms with van der Waals surface area (Å²) in [7, 11) is 3.14. The smallest absolute Gasteiger partial charge is 0.260 e. The van der Waals surface area contributed by atoms with Gasteiger partial charge in [0.1, 0.15) is 0 Å². The second kappa shape index (κ2) is 9.09. The van der Waals surface area contributed by atoms with Crippen molar-refractivity contribution >= 4 is 17.5 Å². The number of aromatic nitrogens is 1. The molecule has 0 saturated carbocycles. The number of nitrogens with one attached hydrogen (secondary N) is 1. The first-order valence-corrected chi connectivity index (χ1v) is 10.3. The predicted molar refractivity (Wildman–Crippen MR) is 121 cm³/mol. The van der Waals surface area contributed by atoms with Crippen LogP contribution in [0.5, 0.6) is 11.5 Å². The average molecular weight is 431 g/mol. The SMILES string of the molecule is COc1cccc(CNC(=O)CC2c3ncccc3C(=O)N2c2ccc(C)cc2)c1OC. The number of nitrogens with zero attached hydrogens (tertiary/aromatic N) is 2. The first kappa shape index (κ1) is 21.4. The first-order chi connectivity index (χ1) is 15.5. The number of aryl methyl sites for hydroxylation is 1. The predicted octanol–water partition coefficient (Wildman–Crippen LogP) is 3.82. The van der Waals surface area contributed by atoms with Gasteiger partial charge in [0.25, 0.3) is 5.91 Å². The van der Waals surface area contributed by atoms with Crippen LogP contribution in [0.2, 0.25) is 0 Å². The number of anilines is 1. The molecule has 0 saturated heterocycles. The molecule has 32 heavy (non-hydrogen) atoms.